The van der Waals surface area contributed by atoms with E-state index in [1.165, 1.54) is 17.4 Å². The van der Waals surface area contributed by atoms with Crippen molar-refractivity contribution in [3.8, 4) is 23.0 Å². The molecule has 1 N–H and O–H groups in total. The number of rotatable bonds is 6. The lowest BCUT2D eigenvalue weighted by atomic mass is 10.1. The average Bonchev–Trinajstić information content (AvgIpc) is 3.24. The minimum Gasteiger partial charge on any atom is -0.450 e. The normalized spacial score (nSPS) is 10.8. The molecule has 31 heavy (non-hydrogen) atoms. The minimum atomic E-state index is -0.816. The minimum absolute atomic E-state index is 0.124. The molecular weight excluding hydrogens is 424 g/mol. The van der Waals surface area contributed by atoms with Gasteiger partial charge in [-0.05, 0) is 36.1 Å². The van der Waals surface area contributed by atoms with Gasteiger partial charge in [0.05, 0.1) is 12.1 Å². The second kappa shape index (κ2) is 9.05. The molecular formula is C22H17F2N3O3S. The van der Waals surface area contributed by atoms with Gasteiger partial charge >= 0.3 is 6.09 Å². The van der Waals surface area contributed by atoms with Gasteiger partial charge in [0.1, 0.15) is 10.5 Å². The van der Waals surface area contributed by atoms with Crippen LogP contribution in [0, 0.1) is 11.6 Å². The molecule has 2 aromatic heterocycles. The summed E-state index contributed by atoms with van der Waals surface area (Å²) in [6.07, 6.45) is -0.479. The molecule has 0 aliphatic heterocycles. The number of hydrogen-bond acceptors (Lipinski definition) is 6. The molecule has 0 atom stereocenters. The Bertz CT molecular complexity index is 1230. The van der Waals surface area contributed by atoms with Gasteiger partial charge in [0.15, 0.2) is 17.4 Å². The molecule has 2 heterocycles. The Morgan fingerprint density at radius 2 is 1.90 bits per heavy atom. The molecule has 0 unspecified atom stereocenters. The number of halogens is 2. The molecule has 0 spiro atoms. The van der Waals surface area contributed by atoms with Crippen molar-refractivity contribution in [1.82, 2.24) is 15.3 Å². The Labute approximate surface area is 180 Å². The van der Waals surface area contributed by atoms with E-state index >= 15 is 0 Å². The summed E-state index contributed by atoms with van der Waals surface area (Å²) in [5.41, 5.74) is 2.25. The van der Waals surface area contributed by atoms with Crippen molar-refractivity contribution >= 4 is 27.6 Å². The van der Waals surface area contributed by atoms with E-state index in [1.807, 2.05) is 35.7 Å². The molecule has 1 amide bonds. The summed E-state index contributed by atoms with van der Waals surface area (Å²) in [6, 6.07) is 12.2. The number of amides is 1. The SMILES string of the molecule is CCOC(=O)NCc1ccc(-c2nc(Oc3ccc(F)cc3F)c3sccc3n2)cc1. The van der Waals surface area contributed by atoms with Gasteiger partial charge in [-0.3, -0.25) is 0 Å². The summed E-state index contributed by atoms with van der Waals surface area (Å²) >= 11 is 1.36. The molecule has 6 nitrogen and oxygen atoms in total. The van der Waals surface area contributed by atoms with Crippen molar-refractivity contribution in [2.45, 2.75) is 13.5 Å². The highest BCUT2D eigenvalue weighted by atomic mass is 32.1. The number of alkyl carbamates (subject to hydrolysis) is 1. The number of nitrogens with one attached hydrogen (secondary N) is 1. The van der Waals surface area contributed by atoms with Gasteiger partial charge < -0.3 is 14.8 Å². The van der Waals surface area contributed by atoms with Crippen LogP contribution < -0.4 is 10.1 Å². The zero-order valence-corrected chi connectivity index (χ0v) is 17.2. The predicted octanol–water partition coefficient (Wildman–Crippen LogP) is 5.67. The van der Waals surface area contributed by atoms with Crippen molar-refractivity contribution in [1.29, 1.82) is 0 Å². The Morgan fingerprint density at radius 3 is 2.65 bits per heavy atom. The standard InChI is InChI=1S/C22H17F2N3O3S/c1-2-29-22(28)25-12-13-3-5-14(6-4-13)20-26-17-9-10-31-19(17)21(27-20)30-18-8-7-15(23)11-16(18)24/h3-11H,2,12H2,1H3,(H,25,28). The number of hydrogen-bond donors (Lipinski definition) is 1. The van der Waals surface area contributed by atoms with Crippen LogP contribution in [0.2, 0.25) is 0 Å². The van der Waals surface area contributed by atoms with E-state index in [9.17, 15) is 13.6 Å². The first kappa shape index (κ1) is 20.7. The number of fused-ring (bicyclic) bond motifs is 1. The summed E-state index contributed by atoms with van der Waals surface area (Å²) < 4.78 is 38.4. The Balaban J connectivity index is 1.60. The molecule has 2 aromatic carbocycles. The lowest BCUT2D eigenvalue weighted by molar-refractivity contribution is 0.151. The van der Waals surface area contributed by atoms with Crippen LogP contribution in [0.4, 0.5) is 13.6 Å². The van der Waals surface area contributed by atoms with E-state index in [0.717, 1.165) is 23.3 Å². The quantitative estimate of drug-likeness (QED) is 0.417. The predicted molar refractivity (Wildman–Crippen MR) is 113 cm³/mol. The van der Waals surface area contributed by atoms with Crippen molar-refractivity contribution < 1.29 is 23.0 Å². The third kappa shape index (κ3) is 4.77. The lowest BCUT2D eigenvalue weighted by Gasteiger charge is -2.09. The molecule has 158 valence electrons. The number of ether oxygens (including phenoxy) is 2. The zero-order valence-electron chi connectivity index (χ0n) is 16.4. The van der Waals surface area contributed by atoms with Crippen LogP contribution in [-0.4, -0.2) is 22.7 Å². The van der Waals surface area contributed by atoms with Crippen LogP contribution in [0.3, 0.4) is 0 Å². The molecule has 0 bridgehead atoms. The molecule has 9 heteroatoms. The number of nitrogens with zero attached hydrogens (tertiary/aromatic N) is 2. The van der Waals surface area contributed by atoms with Gasteiger partial charge in [0, 0.05) is 18.2 Å². The number of benzene rings is 2. The van der Waals surface area contributed by atoms with Crippen LogP contribution in [-0.2, 0) is 11.3 Å². The van der Waals surface area contributed by atoms with E-state index in [1.54, 1.807) is 6.92 Å². The zero-order chi connectivity index (χ0) is 21.8. The van der Waals surface area contributed by atoms with Crippen LogP contribution >= 0.6 is 11.3 Å². The number of carbonyl (C=O) groups excluding carboxylic acids is 1. The van der Waals surface area contributed by atoms with Gasteiger partial charge in [-0.25, -0.2) is 18.6 Å². The van der Waals surface area contributed by atoms with E-state index in [0.29, 0.717) is 29.2 Å². The Hall–Kier alpha value is -3.59. The number of aromatic nitrogens is 2. The van der Waals surface area contributed by atoms with Gasteiger partial charge in [0.2, 0.25) is 5.88 Å². The van der Waals surface area contributed by atoms with Crippen LogP contribution in [0.1, 0.15) is 12.5 Å². The molecule has 0 aliphatic rings. The van der Waals surface area contributed by atoms with Gasteiger partial charge in [-0.1, -0.05) is 24.3 Å². The van der Waals surface area contributed by atoms with Gasteiger partial charge in [-0.15, -0.1) is 11.3 Å². The topological polar surface area (TPSA) is 73.3 Å². The molecule has 4 rings (SSSR count). The van der Waals surface area contributed by atoms with Gasteiger partial charge in [0.25, 0.3) is 0 Å². The fourth-order valence-electron chi connectivity index (χ4n) is 2.83. The first-order valence-corrected chi connectivity index (χ1v) is 10.3. The number of carbonyl (C=O) groups is 1. The second-order valence-corrected chi connectivity index (χ2v) is 7.35. The molecule has 4 aromatic rings. The van der Waals surface area contributed by atoms with Crippen LogP contribution in [0.25, 0.3) is 21.6 Å². The summed E-state index contributed by atoms with van der Waals surface area (Å²) in [4.78, 5) is 20.4. The van der Waals surface area contributed by atoms with Crippen LogP contribution in [0.5, 0.6) is 11.6 Å². The van der Waals surface area contributed by atoms with E-state index in [-0.39, 0.29) is 11.6 Å². The Morgan fingerprint density at radius 1 is 1.10 bits per heavy atom. The highest BCUT2D eigenvalue weighted by Crippen LogP contribution is 2.34. The highest BCUT2D eigenvalue weighted by Gasteiger charge is 2.15. The van der Waals surface area contributed by atoms with Crippen molar-refractivity contribution in [2.75, 3.05) is 6.61 Å². The summed E-state index contributed by atoms with van der Waals surface area (Å²) in [5, 5.41) is 4.49. The fraction of sp³-hybridized carbons (Fsp3) is 0.136. The molecule has 0 saturated heterocycles. The summed E-state index contributed by atoms with van der Waals surface area (Å²) in [7, 11) is 0. The van der Waals surface area contributed by atoms with Crippen molar-refractivity contribution in [3.05, 3.63) is 71.1 Å². The number of thiophene rings is 1. The monoisotopic (exact) mass is 441 g/mol. The third-order valence-electron chi connectivity index (χ3n) is 4.30. The summed E-state index contributed by atoms with van der Waals surface area (Å²) in [5.74, 6) is -1.04. The highest BCUT2D eigenvalue weighted by molar-refractivity contribution is 7.17. The first-order valence-electron chi connectivity index (χ1n) is 9.41. The largest absolute Gasteiger partial charge is 0.450 e. The van der Waals surface area contributed by atoms with E-state index in [4.69, 9.17) is 9.47 Å². The second-order valence-electron chi connectivity index (χ2n) is 6.44. The van der Waals surface area contributed by atoms with Crippen molar-refractivity contribution in [2.24, 2.45) is 0 Å². The third-order valence-corrected chi connectivity index (χ3v) is 5.19. The maximum Gasteiger partial charge on any atom is 0.407 e. The molecule has 0 fully saturated rings. The van der Waals surface area contributed by atoms with E-state index < -0.39 is 17.7 Å². The first-order chi connectivity index (χ1) is 15.0. The van der Waals surface area contributed by atoms with Gasteiger partial charge in [-0.2, -0.15) is 4.98 Å². The van der Waals surface area contributed by atoms with Crippen molar-refractivity contribution in [3.63, 3.8) is 0 Å². The average molecular weight is 441 g/mol. The summed E-state index contributed by atoms with van der Waals surface area (Å²) in [6.45, 7) is 2.36. The molecule has 0 aliphatic carbocycles. The molecule has 0 radical (unpaired) electrons. The fourth-order valence-corrected chi connectivity index (χ4v) is 3.58. The Kier molecular flexibility index (Phi) is 6.03. The van der Waals surface area contributed by atoms with E-state index in [2.05, 4.69) is 15.3 Å². The lowest BCUT2D eigenvalue weighted by Crippen LogP contribution is -2.23. The maximum absolute atomic E-state index is 14.1. The van der Waals surface area contributed by atoms with Crippen LogP contribution in [0.15, 0.2) is 53.9 Å². The maximum atomic E-state index is 14.1. The smallest absolute Gasteiger partial charge is 0.407 e. The molecule has 0 saturated carbocycles.